The average Bonchev–Trinajstić information content (AvgIpc) is 2.35. The number of carbonyl (C=O) groups excluding carboxylic acids is 1. The van der Waals surface area contributed by atoms with E-state index in [4.69, 9.17) is 5.73 Å². The summed E-state index contributed by atoms with van der Waals surface area (Å²) >= 11 is 0. The largest absolute Gasteiger partial charge is 0.487 e. The zero-order valence-electron chi connectivity index (χ0n) is 10.1. The molecule has 0 aliphatic rings. The van der Waals surface area contributed by atoms with Gasteiger partial charge in [0.05, 0.1) is 0 Å². The molecule has 0 unspecified atom stereocenters. The molecule has 0 aromatic heterocycles. The number of amides is 1. The van der Waals surface area contributed by atoms with Gasteiger partial charge in [-0.05, 0) is 23.8 Å². The van der Waals surface area contributed by atoms with E-state index in [-0.39, 0.29) is 18.2 Å². The van der Waals surface area contributed by atoms with Crippen molar-refractivity contribution >= 4 is 24.4 Å². The van der Waals surface area contributed by atoms with Gasteiger partial charge in [0.2, 0.25) is 5.91 Å². The van der Waals surface area contributed by atoms with Gasteiger partial charge in [-0.3, -0.25) is 4.79 Å². The number of rotatable bonds is 6. The van der Waals surface area contributed by atoms with E-state index in [9.17, 15) is 22.4 Å². The van der Waals surface area contributed by atoms with E-state index in [0.717, 1.165) is 6.08 Å². The Hall–Kier alpha value is -1.76. The van der Waals surface area contributed by atoms with Crippen molar-refractivity contribution in [2.75, 3.05) is 6.61 Å². The molecule has 2 N–H and O–H groups in total. The first-order valence-electron chi connectivity index (χ1n) is 5.17. The summed E-state index contributed by atoms with van der Waals surface area (Å²) in [5.41, 5.74) is 5.48. The van der Waals surface area contributed by atoms with E-state index in [1.54, 1.807) is 0 Å². The number of hydrogen-bond donors (Lipinski definition) is 1. The van der Waals surface area contributed by atoms with Crippen molar-refractivity contribution in [2.24, 2.45) is 5.73 Å². The third-order valence-corrected chi connectivity index (χ3v) is 2.07. The molecule has 1 aromatic rings. The lowest BCUT2D eigenvalue weighted by atomic mass is 10.2. The highest BCUT2D eigenvalue weighted by Gasteiger charge is 2.41. The fraction of sp³-hybridized carbons (Fsp3) is 0.250. The summed E-state index contributed by atoms with van der Waals surface area (Å²) in [6, 6.07) is 5.58. The molecule has 0 radical (unpaired) electrons. The highest BCUT2D eigenvalue weighted by molar-refractivity contribution is 5.90. The van der Waals surface area contributed by atoms with Crippen LogP contribution in [0.25, 0.3) is 6.08 Å². The van der Waals surface area contributed by atoms with Crippen LogP contribution in [-0.4, -0.2) is 24.9 Å². The van der Waals surface area contributed by atoms with E-state index in [1.807, 2.05) is 0 Å². The molecule has 112 valence electrons. The summed E-state index contributed by atoms with van der Waals surface area (Å²) in [5.74, 6) is -4.79. The molecule has 0 aliphatic heterocycles. The first-order chi connectivity index (χ1) is 8.81. The summed E-state index contributed by atoms with van der Waals surface area (Å²) in [6.07, 6.45) is -1.23. The van der Waals surface area contributed by atoms with Crippen molar-refractivity contribution in [1.29, 1.82) is 0 Å². The molecule has 8 heteroatoms. The lowest BCUT2D eigenvalue weighted by Gasteiger charge is -2.15. The maximum absolute atomic E-state index is 12.6. The molecular formula is C12H12ClF4NO2. The number of halogens is 5. The number of primary amides is 1. The Balaban J connectivity index is 0.00000361. The Morgan fingerprint density at radius 3 is 2.30 bits per heavy atom. The van der Waals surface area contributed by atoms with Gasteiger partial charge in [0, 0.05) is 6.08 Å². The maximum Gasteiger partial charge on any atom is 0.340 e. The summed E-state index contributed by atoms with van der Waals surface area (Å²) in [5, 5.41) is 0. The van der Waals surface area contributed by atoms with Gasteiger partial charge in [-0.15, -0.1) is 12.4 Å². The van der Waals surface area contributed by atoms with Crippen LogP contribution in [-0.2, 0) is 4.79 Å². The normalized spacial score (nSPS) is 11.4. The first-order valence-corrected chi connectivity index (χ1v) is 5.17. The number of nitrogens with two attached hydrogens (primary N) is 1. The smallest absolute Gasteiger partial charge is 0.340 e. The second-order valence-corrected chi connectivity index (χ2v) is 3.66. The molecule has 0 atom stereocenters. The molecule has 0 spiro atoms. The minimum Gasteiger partial charge on any atom is -0.487 e. The zero-order chi connectivity index (χ0) is 14.5. The van der Waals surface area contributed by atoms with Crippen LogP contribution in [0.15, 0.2) is 30.3 Å². The molecule has 0 fully saturated rings. The standard InChI is InChI=1S/C12H11F4NO2.ClH/c13-11(14)12(15,16)7-19-9-4-1-8(2-5-9)3-6-10(17)18;/h1-6,11H,7H2,(H2,17,18);1H/b6-3+;. The predicted octanol–water partition coefficient (Wildman–Crippen LogP) is 2.89. The van der Waals surface area contributed by atoms with Gasteiger partial charge in [-0.1, -0.05) is 12.1 Å². The molecule has 0 heterocycles. The van der Waals surface area contributed by atoms with E-state index < -0.39 is 24.9 Å². The SMILES string of the molecule is Cl.NC(=O)/C=C/c1ccc(OCC(F)(F)C(F)F)cc1. The molecule has 1 amide bonds. The topological polar surface area (TPSA) is 52.3 Å². The van der Waals surface area contributed by atoms with Gasteiger partial charge < -0.3 is 10.5 Å². The number of hydrogen-bond acceptors (Lipinski definition) is 2. The summed E-state index contributed by atoms with van der Waals surface area (Å²) < 4.78 is 53.5. The number of alkyl halides is 4. The van der Waals surface area contributed by atoms with Crippen LogP contribution in [0, 0.1) is 0 Å². The lowest BCUT2D eigenvalue weighted by Crippen LogP contribution is -2.33. The van der Waals surface area contributed by atoms with Crippen LogP contribution in [0.4, 0.5) is 17.6 Å². The summed E-state index contributed by atoms with van der Waals surface area (Å²) in [4.78, 5) is 10.5. The summed E-state index contributed by atoms with van der Waals surface area (Å²) in [6.45, 7) is -1.40. The van der Waals surface area contributed by atoms with Gasteiger partial charge in [0.1, 0.15) is 5.75 Å². The Bertz CT molecular complexity index is 463. The fourth-order valence-electron chi connectivity index (χ4n) is 1.10. The van der Waals surface area contributed by atoms with E-state index >= 15 is 0 Å². The Kier molecular flexibility index (Phi) is 7.06. The predicted molar refractivity (Wildman–Crippen MR) is 68.4 cm³/mol. The third kappa shape index (κ3) is 5.92. The second-order valence-electron chi connectivity index (χ2n) is 3.66. The lowest BCUT2D eigenvalue weighted by molar-refractivity contribution is -0.148. The van der Waals surface area contributed by atoms with Crippen LogP contribution in [0.1, 0.15) is 5.56 Å². The average molecular weight is 314 g/mol. The summed E-state index contributed by atoms with van der Waals surface area (Å²) in [7, 11) is 0. The molecule has 0 saturated carbocycles. The highest BCUT2D eigenvalue weighted by atomic mass is 35.5. The molecule has 3 nitrogen and oxygen atoms in total. The van der Waals surface area contributed by atoms with Crippen molar-refractivity contribution in [3.63, 3.8) is 0 Å². The molecule has 1 aromatic carbocycles. The van der Waals surface area contributed by atoms with Crippen molar-refractivity contribution < 1.29 is 27.1 Å². The number of ether oxygens (including phenoxy) is 1. The molecule has 0 aliphatic carbocycles. The minimum absolute atomic E-state index is 0. The molecule has 0 bridgehead atoms. The van der Waals surface area contributed by atoms with Gasteiger partial charge in [0.15, 0.2) is 6.61 Å². The fourth-order valence-corrected chi connectivity index (χ4v) is 1.10. The van der Waals surface area contributed by atoms with Gasteiger partial charge in [-0.2, -0.15) is 8.78 Å². The van der Waals surface area contributed by atoms with E-state index in [2.05, 4.69) is 4.74 Å². The van der Waals surface area contributed by atoms with Crippen molar-refractivity contribution in [1.82, 2.24) is 0 Å². The molecular weight excluding hydrogens is 302 g/mol. The monoisotopic (exact) mass is 313 g/mol. The quantitative estimate of drug-likeness (QED) is 0.648. The van der Waals surface area contributed by atoms with Crippen molar-refractivity contribution in [3.05, 3.63) is 35.9 Å². The van der Waals surface area contributed by atoms with Crippen LogP contribution in [0.2, 0.25) is 0 Å². The van der Waals surface area contributed by atoms with Crippen LogP contribution in [0.5, 0.6) is 5.75 Å². The maximum atomic E-state index is 12.6. The number of benzene rings is 1. The third-order valence-electron chi connectivity index (χ3n) is 2.07. The zero-order valence-corrected chi connectivity index (χ0v) is 10.9. The highest BCUT2D eigenvalue weighted by Crippen LogP contribution is 2.24. The van der Waals surface area contributed by atoms with Crippen LogP contribution in [0.3, 0.4) is 0 Å². The van der Waals surface area contributed by atoms with Crippen LogP contribution >= 0.6 is 12.4 Å². The molecule has 0 saturated heterocycles. The van der Waals surface area contributed by atoms with Gasteiger partial charge >= 0.3 is 12.3 Å². The first kappa shape index (κ1) is 18.2. The number of carbonyl (C=O) groups is 1. The van der Waals surface area contributed by atoms with Crippen molar-refractivity contribution in [2.45, 2.75) is 12.3 Å². The Labute approximate surface area is 118 Å². The molecule has 20 heavy (non-hydrogen) atoms. The second kappa shape index (κ2) is 7.74. The van der Waals surface area contributed by atoms with E-state index in [0.29, 0.717) is 5.56 Å². The minimum atomic E-state index is -4.19. The molecule has 1 rings (SSSR count). The Morgan fingerprint density at radius 2 is 1.85 bits per heavy atom. The van der Waals surface area contributed by atoms with E-state index in [1.165, 1.54) is 30.3 Å². The van der Waals surface area contributed by atoms with Gasteiger partial charge in [0.25, 0.3) is 0 Å². The van der Waals surface area contributed by atoms with Crippen molar-refractivity contribution in [3.8, 4) is 5.75 Å². The van der Waals surface area contributed by atoms with Gasteiger partial charge in [-0.25, -0.2) is 8.78 Å². The Morgan fingerprint density at radius 1 is 1.30 bits per heavy atom. The van der Waals surface area contributed by atoms with Crippen LogP contribution < -0.4 is 10.5 Å².